The summed E-state index contributed by atoms with van der Waals surface area (Å²) in [5.41, 5.74) is 0.179. The van der Waals surface area contributed by atoms with E-state index in [0.717, 1.165) is 0 Å². The largest absolute Gasteiger partial charge is 0.480 e. The quantitative estimate of drug-likeness (QED) is 0.819. The van der Waals surface area contributed by atoms with Crippen molar-refractivity contribution >= 4 is 11.6 Å². The van der Waals surface area contributed by atoms with Gasteiger partial charge in [-0.05, 0) is 5.41 Å². The average Bonchev–Trinajstić information content (AvgIpc) is 2.51. The fourth-order valence-corrected chi connectivity index (χ4v) is 2.42. The van der Waals surface area contributed by atoms with E-state index in [4.69, 9.17) is 4.42 Å². The summed E-state index contributed by atoms with van der Waals surface area (Å²) in [5, 5.41) is 9.77. The minimum atomic E-state index is -0.412. The van der Waals surface area contributed by atoms with E-state index in [1.54, 1.807) is 13.8 Å². The van der Waals surface area contributed by atoms with Crippen LogP contribution >= 0.6 is 0 Å². The first-order valence-electron chi connectivity index (χ1n) is 6.15. The lowest BCUT2D eigenvalue weighted by Gasteiger charge is -2.27. The molecule has 0 bridgehead atoms. The zero-order chi connectivity index (χ0) is 13.7. The number of hydrogen-bond donors (Lipinski definition) is 1. The molecule has 98 valence electrons. The number of furan rings is 1. The van der Waals surface area contributed by atoms with E-state index in [2.05, 4.69) is 0 Å². The lowest BCUT2D eigenvalue weighted by atomic mass is 9.75. The zero-order valence-corrected chi connectivity index (χ0v) is 11.2. The molecule has 0 saturated heterocycles. The molecule has 1 aromatic rings. The van der Waals surface area contributed by atoms with Gasteiger partial charge in [0.25, 0.3) is 5.95 Å². The number of aromatic hydroxyl groups is 1. The SMILES string of the molecule is CC(C)C(=O)c1c(O)oc2c1C(=O)CC(C)(C)C2. The van der Waals surface area contributed by atoms with Crippen molar-refractivity contribution in [2.75, 3.05) is 0 Å². The van der Waals surface area contributed by atoms with Gasteiger partial charge in [0.15, 0.2) is 11.6 Å². The second-order valence-electron chi connectivity index (χ2n) is 6.04. The smallest absolute Gasteiger partial charge is 0.294 e. The Morgan fingerprint density at radius 3 is 2.50 bits per heavy atom. The van der Waals surface area contributed by atoms with E-state index in [9.17, 15) is 14.7 Å². The van der Waals surface area contributed by atoms with Crippen LogP contribution in [0, 0.1) is 11.3 Å². The number of hydrogen-bond acceptors (Lipinski definition) is 4. The van der Waals surface area contributed by atoms with E-state index in [0.29, 0.717) is 24.2 Å². The predicted octanol–water partition coefficient (Wildman–Crippen LogP) is 2.98. The van der Waals surface area contributed by atoms with Crippen molar-refractivity contribution in [3.8, 4) is 5.95 Å². The fourth-order valence-electron chi connectivity index (χ4n) is 2.42. The molecule has 0 saturated carbocycles. The summed E-state index contributed by atoms with van der Waals surface area (Å²) in [5.74, 6) is -0.609. The van der Waals surface area contributed by atoms with E-state index in [1.165, 1.54) is 0 Å². The Balaban J connectivity index is 2.57. The summed E-state index contributed by atoms with van der Waals surface area (Å²) in [6.07, 6.45) is 0.935. The molecule has 0 spiro atoms. The van der Waals surface area contributed by atoms with Crippen molar-refractivity contribution in [3.05, 3.63) is 16.9 Å². The van der Waals surface area contributed by atoms with Crippen molar-refractivity contribution < 1.29 is 19.1 Å². The van der Waals surface area contributed by atoms with Crippen LogP contribution in [0.5, 0.6) is 5.95 Å². The van der Waals surface area contributed by atoms with Crippen LogP contribution in [-0.4, -0.2) is 16.7 Å². The molecule has 1 aliphatic carbocycles. The summed E-state index contributed by atoms with van der Waals surface area (Å²) in [4.78, 5) is 24.2. The maximum Gasteiger partial charge on any atom is 0.294 e. The highest BCUT2D eigenvalue weighted by molar-refractivity contribution is 6.12. The minimum absolute atomic E-state index is 0.0699. The standard InChI is InChI=1S/C14H18O4/c1-7(2)12(16)11-10-8(15)5-14(3,4)6-9(10)18-13(11)17/h7,17H,5-6H2,1-4H3. The van der Waals surface area contributed by atoms with E-state index in [-0.39, 0.29) is 28.5 Å². The molecule has 1 heterocycles. The van der Waals surface area contributed by atoms with Crippen LogP contribution < -0.4 is 0 Å². The molecule has 0 radical (unpaired) electrons. The third-order valence-electron chi connectivity index (χ3n) is 3.29. The summed E-state index contributed by atoms with van der Waals surface area (Å²) >= 11 is 0. The van der Waals surface area contributed by atoms with Crippen molar-refractivity contribution in [1.82, 2.24) is 0 Å². The highest BCUT2D eigenvalue weighted by Crippen LogP contribution is 2.41. The van der Waals surface area contributed by atoms with Gasteiger partial charge in [-0.2, -0.15) is 0 Å². The van der Waals surface area contributed by atoms with Crippen molar-refractivity contribution in [2.45, 2.75) is 40.5 Å². The maximum absolute atomic E-state index is 12.1. The second kappa shape index (κ2) is 3.97. The molecular weight excluding hydrogens is 232 g/mol. The Morgan fingerprint density at radius 1 is 1.33 bits per heavy atom. The van der Waals surface area contributed by atoms with Crippen LogP contribution in [0.2, 0.25) is 0 Å². The highest BCUT2D eigenvalue weighted by atomic mass is 16.5. The first kappa shape index (κ1) is 12.9. The van der Waals surface area contributed by atoms with Crippen molar-refractivity contribution in [2.24, 2.45) is 11.3 Å². The average molecular weight is 250 g/mol. The molecule has 1 aromatic heterocycles. The first-order valence-corrected chi connectivity index (χ1v) is 6.15. The molecule has 2 rings (SSSR count). The molecule has 4 nitrogen and oxygen atoms in total. The number of ketones is 2. The summed E-state index contributed by atoms with van der Waals surface area (Å²) in [7, 11) is 0. The maximum atomic E-state index is 12.1. The Morgan fingerprint density at radius 2 is 1.94 bits per heavy atom. The number of rotatable bonds is 2. The van der Waals surface area contributed by atoms with E-state index >= 15 is 0 Å². The molecule has 4 heteroatoms. The molecule has 1 N–H and O–H groups in total. The van der Waals surface area contributed by atoms with Gasteiger partial charge in [0.05, 0.1) is 5.56 Å². The zero-order valence-electron chi connectivity index (χ0n) is 11.2. The Hall–Kier alpha value is -1.58. The van der Waals surface area contributed by atoms with Gasteiger partial charge < -0.3 is 9.52 Å². The van der Waals surface area contributed by atoms with Crippen molar-refractivity contribution in [3.63, 3.8) is 0 Å². The van der Waals surface area contributed by atoms with Gasteiger partial charge >= 0.3 is 0 Å². The second-order valence-corrected chi connectivity index (χ2v) is 6.04. The molecule has 0 unspecified atom stereocenters. The summed E-state index contributed by atoms with van der Waals surface area (Å²) < 4.78 is 5.23. The van der Waals surface area contributed by atoms with Crippen molar-refractivity contribution in [1.29, 1.82) is 0 Å². The van der Waals surface area contributed by atoms with Gasteiger partial charge in [0.1, 0.15) is 11.3 Å². The third-order valence-corrected chi connectivity index (χ3v) is 3.29. The molecular formula is C14H18O4. The number of carbonyl (C=O) groups is 2. The number of Topliss-reactive ketones (excluding diaryl/α,β-unsaturated/α-hetero) is 2. The van der Waals surface area contributed by atoms with Crippen LogP contribution in [0.3, 0.4) is 0 Å². The van der Waals surface area contributed by atoms with E-state index in [1.807, 2.05) is 13.8 Å². The molecule has 18 heavy (non-hydrogen) atoms. The highest BCUT2D eigenvalue weighted by Gasteiger charge is 2.39. The van der Waals surface area contributed by atoms with Gasteiger partial charge in [-0.15, -0.1) is 0 Å². The lowest BCUT2D eigenvalue weighted by molar-refractivity contribution is 0.0883. The Kier molecular flexibility index (Phi) is 2.84. The third kappa shape index (κ3) is 1.96. The van der Waals surface area contributed by atoms with Gasteiger partial charge in [-0.3, -0.25) is 9.59 Å². The molecule has 1 aliphatic rings. The van der Waals surface area contributed by atoms with Crippen LogP contribution in [0.25, 0.3) is 0 Å². The minimum Gasteiger partial charge on any atom is -0.480 e. The topological polar surface area (TPSA) is 67.5 Å². The van der Waals surface area contributed by atoms with Gasteiger partial charge in [-0.25, -0.2) is 0 Å². The fraction of sp³-hybridized carbons (Fsp3) is 0.571. The predicted molar refractivity (Wildman–Crippen MR) is 66.0 cm³/mol. The Bertz CT molecular complexity index is 520. The monoisotopic (exact) mass is 250 g/mol. The van der Waals surface area contributed by atoms with E-state index < -0.39 is 5.95 Å². The summed E-state index contributed by atoms with van der Waals surface area (Å²) in [6.45, 7) is 7.41. The lowest BCUT2D eigenvalue weighted by Crippen LogP contribution is -2.27. The van der Waals surface area contributed by atoms with Gasteiger partial charge in [-0.1, -0.05) is 27.7 Å². The molecule has 0 atom stereocenters. The van der Waals surface area contributed by atoms with Crippen LogP contribution in [0.15, 0.2) is 4.42 Å². The molecule has 0 aliphatic heterocycles. The van der Waals surface area contributed by atoms with Crippen LogP contribution in [0.1, 0.15) is 60.6 Å². The van der Waals surface area contributed by atoms with Crippen LogP contribution in [0.4, 0.5) is 0 Å². The normalized spacial score (nSPS) is 17.9. The number of fused-ring (bicyclic) bond motifs is 1. The molecule has 0 aromatic carbocycles. The van der Waals surface area contributed by atoms with Gasteiger partial charge in [0.2, 0.25) is 0 Å². The van der Waals surface area contributed by atoms with Gasteiger partial charge in [0, 0.05) is 18.8 Å². The first-order chi connectivity index (χ1) is 8.23. The Labute approximate surface area is 106 Å². The number of carbonyl (C=O) groups excluding carboxylic acids is 2. The molecule has 0 fully saturated rings. The summed E-state index contributed by atoms with van der Waals surface area (Å²) in [6, 6.07) is 0. The molecule has 0 amide bonds. The van der Waals surface area contributed by atoms with Crippen LogP contribution in [-0.2, 0) is 6.42 Å².